The fourth-order valence-corrected chi connectivity index (χ4v) is 6.74. The van der Waals surface area contributed by atoms with Gasteiger partial charge in [-0.15, -0.1) is 42.0 Å². The molecule has 6 nitrogen and oxygen atoms in total. The van der Waals surface area contributed by atoms with Crippen LogP contribution in [0.3, 0.4) is 0 Å². The first-order chi connectivity index (χ1) is 26.9. The molecule has 0 aliphatic carbocycles. The predicted molar refractivity (Wildman–Crippen MR) is 212 cm³/mol. The van der Waals surface area contributed by atoms with Crippen molar-refractivity contribution >= 4 is 44.3 Å². The Morgan fingerprint density at radius 1 is 0.759 bits per heavy atom. The summed E-state index contributed by atoms with van der Waals surface area (Å²) in [6, 6.07) is 38.6. The molecule has 8 heteroatoms. The summed E-state index contributed by atoms with van der Waals surface area (Å²) >= 11 is 0. The van der Waals surface area contributed by atoms with Crippen LogP contribution in [0.1, 0.15) is 65.9 Å². The van der Waals surface area contributed by atoms with Crippen LogP contribution in [0.4, 0.5) is 4.39 Å². The molecule has 0 N–H and O–H groups in total. The summed E-state index contributed by atoms with van der Waals surface area (Å²) in [5, 5.41) is 2.12. The second-order valence-electron chi connectivity index (χ2n) is 13.8. The van der Waals surface area contributed by atoms with Crippen LogP contribution < -0.4 is 0 Å². The van der Waals surface area contributed by atoms with Gasteiger partial charge in [-0.3, -0.25) is 9.37 Å². The maximum atomic E-state index is 13.8. The molecule has 0 atom stereocenters. The minimum absolute atomic E-state index is 0. The Morgan fingerprint density at radius 2 is 1.48 bits per heavy atom. The number of rotatable bonds is 5. The number of hydrogen-bond donors (Lipinski definition) is 0. The quantitative estimate of drug-likeness (QED) is 0.161. The zero-order valence-corrected chi connectivity index (χ0v) is 32.8. The molecular formula is C46H38FIrN5O-2. The van der Waals surface area contributed by atoms with Crippen LogP contribution in [0.15, 0.2) is 114 Å². The van der Waals surface area contributed by atoms with Gasteiger partial charge in [0.05, 0.1) is 22.4 Å². The van der Waals surface area contributed by atoms with Crippen LogP contribution in [0, 0.1) is 31.7 Å². The SMILES string of the molecule is CC(C)c1cccc(C(C)C)c1-n1c(-c2[c-]ccc3c2oc2ccccc23)nc2nc3ccccc3nc21.[2H]C([2H])([2H])c1c[c-]c(-c2ccc(C)cn2)c(F)c1.[Ir]. The van der Waals surface area contributed by atoms with Gasteiger partial charge in [0, 0.05) is 47.3 Å². The Hall–Kier alpha value is -5.56. The van der Waals surface area contributed by atoms with E-state index in [9.17, 15) is 4.39 Å². The van der Waals surface area contributed by atoms with Crippen LogP contribution in [0.25, 0.3) is 72.6 Å². The van der Waals surface area contributed by atoms with Gasteiger partial charge in [0.2, 0.25) is 0 Å². The number of benzene rings is 5. The van der Waals surface area contributed by atoms with E-state index in [0.29, 0.717) is 23.2 Å². The summed E-state index contributed by atoms with van der Waals surface area (Å²) in [7, 11) is 0. The molecular weight excluding hydrogens is 850 g/mol. The van der Waals surface area contributed by atoms with Gasteiger partial charge in [0.1, 0.15) is 5.58 Å². The molecule has 4 heterocycles. The van der Waals surface area contributed by atoms with Crippen molar-refractivity contribution in [3.63, 3.8) is 0 Å². The molecule has 9 aromatic rings. The number of halogens is 1. The first-order valence-electron chi connectivity index (χ1n) is 19.1. The number of pyridine rings is 1. The van der Waals surface area contributed by atoms with Crippen molar-refractivity contribution in [2.45, 2.75) is 53.3 Å². The van der Waals surface area contributed by atoms with Gasteiger partial charge >= 0.3 is 0 Å². The van der Waals surface area contributed by atoms with Crippen molar-refractivity contribution in [2.75, 3.05) is 0 Å². The third-order valence-corrected chi connectivity index (χ3v) is 9.36. The molecule has 4 aromatic heterocycles. The number of para-hydroxylation sites is 4. The van der Waals surface area contributed by atoms with E-state index in [1.165, 1.54) is 17.2 Å². The fourth-order valence-electron chi connectivity index (χ4n) is 6.74. The molecule has 0 unspecified atom stereocenters. The molecule has 0 fully saturated rings. The molecule has 1 radical (unpaired) electrons. The molecule has 9 rings (SSSR count). The van der Waals surface area contributed by atoms with E-state index in [2.05, 4.69) is 79.7 Å². The third-order valence-electron chi connectivity index (χ3n) is 9.36. The number of furan rings is 1. The van der Waals surface area contributed by atoms with E-state index >= 15 is 0 Å². The Labute approximate surface area is 331 Å². The molecule has 5 aromatic carbocycles. The molecule has 0 bridgehead atoms. The summed E-state index contributed by atoms with van der Waals surface area (Å²) in [6.07, 6.45) is 1.63. The normalized spacial score (nSPS) is 12.5. The van der Waals surface area contributed by atoms with Crippen molar-refractivity contribution in [1.82, 2.24) is 24.5 Å². The number of imidazole rings is 1. The average Bonchev–Trinajstić information content (AvgIpc) is 3.75. The number of hydrogen-bond acceptors (Lipinski definition) is 5. The predicted octanol–water partition coefficient (Wildman–Crippen LogP) is 11.9. The van der Waals surface area contributed by atoms with Crippen molar-refractivity contribution in [3.05, 3.63) is 150 Å². The average molecular weight is 891 g/mol. The molecule has 54 heavy (non-hydrogen) atoms. The largest absolute Gasteiger partial charge is 0.501 e. The summed E-state index contributed by atoms with van der Waals surface area (Å²) in [5.74, 6) is 0.705. The van der Waals surface area contributed by atoms with Gasteiger partial charge in [0.25, 0.3) is 0 Å². The number of nitrogens with zero attached hydrogens (tertiary/aromatic N) is 5. The maximum Gasteiger partial charge on any atom is 0.188 e. The van der Waals surface area contributed by atoms with Crippen LogP contribution in [-0.4, -0.2) is 24.5 Å². The Morgan fingerprint density at radius 3 is 2.17 bits per heavy atom. The molecule has 271 valence electrons. The van der Waals surface area contributed by atoms with Crippen LogP contribution in [0.2, 0.25) is 0 Å². The van der Waals surface area contributed by atoms with Gasteiger partial charge in [-0.05, 0) is 59.3 Å². The van der Waals surface area contributed by atoms with Gasteiger partial charge in [-0.1, -0.05) is 112 Å². The second-order valence-corrected chi connectivity index (χ2v) is 13.8. The first kappa shape index (κ1) is 33.0. The van der Waals surface area contributed by atoms with Crippen molar-refractivity contribution < 1.29 is 33.0 Å². The summed E-state index contributed by atoms with van der Waals surface area (Å²) in [6.45, 7) is 8.48. The van der Waals surface area contributed by atoms with Crippen LogP contribution >= 0.6 is 0 Å². The van der Waals surface area contributed by atoms with Gasteiger partial charge in [0.15, 0.2) is 11.3 Å². The Kier molecular flexibility index (Phi) is 9.21. The zero-order valence-electron chi connectivity index (χ0n) is 33.4. The number of aryl methyl sites for hydroxylation is 2. The third kappa shape index (κ3) is 6.72. The van der Waals surface area contributed by atoms with Gasteiger partial charge < -0.3 is 14.0 Å². The van der Waals surface area contributed by atoms with Crippen molar-refractivity contribution in [3.8, 4) is 28.3 Å². The molecule has 0 saturated carbocycles. The second kappa shape index (κ2) is 15.1. The van der Waals surface area contributed by atoms with E-state index in [-0.39, 0.29) is 31.2 Å². The maximum absolute atomic E-state index is 13.8. The monoisotopic (exact) mass is 891 g/mol. The minimum atomic E-state index is -2.32. The first-order valence-corrected chi connectivity index (χ1v) is 17.6. The smallest absolute Gasteiger partial charge is 0.188 e. The summed E-state index contributed by atoms with van der Waals surface area (Å²) in [5.41, 5.74) is 10.5. The molecule has 0 aliphatic heterocycles. The standard InChI is InChI=1S/C33H27N4O.C13H11FN.Ir/c1-19(2)21-12-9-13-22(20(3)4)29(21)37-32(36-31-33(37)35-27-17-7-6-16-26(27)34-31)25-15-10-14-24-23-11-5-8-18-28(23)38-30(24)25;1-9-3-5-11(12(14)7-9)13-6-4-10(2)8-15-13;/h5-14,16-20H,1-4H3;3-4,6-8H,1-2H3;/q2*-1;/i;1D3;. The number of aromatic nitrogens is 5. The van der Waals surface area contributed by atoms with E-state index in [0.717, 1.165) is 67.3 Å². The van der Waals surface area contributed by atoms with E-state index < -0.39 is 12.7 Å². The molecule has 0 saturated heterocycles. The van der Waals surface area contributed by atoms with E-state index in [1.807, 2.05) is 61.5 Å². The van der Waals surface area contributed by atoms with Crippen molar-refractivity contribution in [1.29, 1.82) is 0 Å². The Balaban J connectivity index is 0.000000221. The summed E-state index contributed by atoms with van der Waals surface area (Å²) in [4.78, 5) is 19.3. The Bertz CT molecular complexity index is 2870. The van der Waals surface area contributed by atoms with E-state index in [1.54, 1.807) is 12.3 Å². The molecule has 0 aliphatic rings. The van der Waals surface area contributed by atoms with Gasteiger partial charge in [-0.2, -0.15) is 0 Å². The minimum Gasteiger partial charge on any atom is -0.501 e. The summed E-state index contributed by atoms with van der Waals surface area (Å²) < 4.78 is 44.1. The zero-order chi connectivity index (χ0) is 39.3. The topological polar surface area (TPSA) is 69.6 Å². The molecule has 0 spiro atoms. The van der Waals surface area contributed by atoms with Crippen LogP contribution in [0.5, 0.6) is 0 Å². The van der Waals surface area contributed by atoms with E-state index in [4.69, 9.17) is 23.5 Å². The van der Waals surface area contributed by atoms with Crippen LogP contribution in [-0.2, 0) is 20.1 Å². The number of fused-ring (bicyclic) bond motifs is 5. The van der Waals surface area contributed by atoms with Gasteiger partial charge in [-0.25, -0.2) is 9.97 Å². The molecule has 0 amide bonds. The van der Waals surface area contributed by atoms with Crippen molar-refractivity contribution in [2.24, 2.45) is 0 Å². The fraction of sp³-hybridized carbons (Fsp3) is 0.174.